The summed E-state index contributed by atoms with van der Waals surface area (Å²) in [5.41, 5.74) is 1.49. The first-order valence-electron chi connectivity index (χ1n) is 6.96. The van der Waals surface area contributed by atoms with E-state index in [2.05, 4.69) is 10.3 Å². The van der Waals surface area contributed by atoms with E-state index in [9.17, 15) is 4.79 Å². The molecule has 7 heteroatoms. The zero-order chi connectivity index (χ0) is 16.2. The second kappa shape index (κ2) is 6.68. The number of pyridine rings is 1. The molecular weight excluding hydrogens is 318 g/mol. The summed E-state index contributed by atoms with van der Waals surface area (Å²) in [6, 6.07) is 12.2. The van der Waals surface area contributed by atoms with Gasteiger partial charge in [0.15, 0.2) is 10.8 Å². The Labute approximate surface area is 137 Å². The molecule has 0 atom stereocenters. The predicted molar refractivity (Wildman–Crippen MR) is 87.2 cm³/mol. The average Bonchev–Trinajstić information content (AvgIpc) is 2.90. The lowest BCUT2D eigenvalue weighted by Gasteiger charge is -2.07. The molecule has 0 radical (unpaired) electrons. The molecule has 23 heavy (non-hydrogen) atoms. The maximum Gasteiger partial charge on any atom is 0.275 e. The number of hydrogen-bond donors (Lipinski definition) is 2. The second-order valence-electron chi connectivity index (χ2n) is 4.73. The van der Waals surface area contributed by atoms with Crippen molar-refractivity contribution in [1.82, 2.24) is 9.38 Å². The maximum absolute atomic E-state index is 12.4. The molecule has 3 rings (SSSR count). The summed E-state index contributed by atoms with van der Waals surface area (Å²) in [5, 5.41) is 11.6. The average molecular weight is 332 g/mol. The lowest BCUT2D eigenvalue weighted by atomic mass is 10.3. The predicted octanol–water partition coefficient (Wildman–Crippen LogP) is 2.61. The van der Waals surface area contributed by atoms with Gasteiger partial charge in [0.1, 0.15) is 18.0 Å². The number of fused-ring (bicyclic) bond motifs is 1. The number of nitrogens with one attached hydrogen (secondary N) is 1. The third-order valence-electron chi connectivity index (χ3n) is 3.17. The minimum Gasteiger partial charge on any atom is -0.491 e. The maximum atomic E-state index is 12.4. The van der Waals surface area contributed by atoms with Gasteiger partial charge in [-0.1, -0.05) is 17.7 Å². The standard InChI is InChI=1S/C16H14ClN3O3/c17-15-14(20-8-2-1-3-13(20)19-15)16(22)18-11-4-6-12(7-5-11)23-10-9-21/h1-8,21H,9-10H2,(H,18,22). The smallest absolute Gasteiger partial charge is 0.275 e. The normalized spacial score (nSPS) is 10.7. The van der Waals surface area contributed by atoms with E-state index in [0.717, 1.165) is 0 Å². The number of nitrogens with zero attached hydrogens (tertiary/aromatic N) is 2. The molecule has 0 saturated heterocycles. The molecule has 0 spiro atoms. The molecule has 3 aromatic rings. The monoisotopic (exact) mass is 331 g/mol. The minimum absolute atomic E-state index is 0.0503. The number of rotatable bonds is 5. The molecule has 0 aliphatic carbocycles. The molecule has 2 N–H and O–H groups in total. The topological polar surface area (TPSA) is 75.9 Å². The van der Waals surface area contributed by atoms with Crippen molar-refractivity contribution in [3.05, 3.63) is 59.5 Å². The summed E-state index contributed by atoms with van der Waals surface area (Å²) in [6.45, 7) is 0.175. The first kappa shape index (κ1) is 15.3. The molecule has 1 aromatic carbocycles. The van der Waals surface area contributed by atoms with Crippen molar-refractivity contribution in [3.8, 4) is 5.75 Å². The van der Waals surface area contributed by atoms with Gasteiger partial charge in [-0.25, -0.2) is 4.98 Å². The highest BCUT2D eigenvalue weighted by Gasteiger charge is 2.17. The number of amides is 1. The first-order valence-corrected chi connectivity index (χ1v) is 7.34. The summed E-state index contributed by atoms with van der Waals surface area (Å²) in [6.07, 6.45) is 1.73. The van der Waals surface area contributed by atoms with Gasteiger partial charge in [0.25, 0.3) is 5.91 Å². The molecular formula is C16H14ClN3O3. The van der Waals surface area contributed by atoms with E-state index in [4.69, 9.17) is 21.4 Å². The van der Waals surface area contributed by atoms with Crippen molar-refractivity contribution < 1.29 is 14.6 Å². The van der Waals surface area contributed by atoms with Crippen LogP contribution in [0.15, 0.2) is 48.7 Å². The largest absolute Gasteiger partial charge is 0.491 e. The van der Waals surface area contributed by atoms with Crippen molar-refractivity contribution in [2.24, 2.45) is 0 Å². The van der Waals surface area contributed by atoms with E-state index in [0.29, 0.717) is 17.1 Å². The second-order valence-corrected chi connectivity index (χ2v) is 5.09. The highest BCUT2D eigenvalue weighted by atomic mass is 35.5. The van der Waals surface area contributed by atoms with Gasteiger partial charge < -0.3 is 15.2 Å². The van der Waals surface area contributed by atoms with Crippen molar-refractivity contribution in [1.29, 1.82) is 0 Å². The van der Waals surface area contributed by atoms with Crippen LogP contribution in [0.1, 0.15) is 10.5 Å². The van der Waals surface area contributed by atoms with E-state index in [1.54, 1.807) is 47.0 Å². The molecule has 2 heterocycles. The van der Waals surface area contributed by atoms with Gasteiger partial charge >= 0.3 is 0 Å². The Balaban J connectivity index is 1.79. The molecule has 2 aromatic heterocycles. The van der Waals surface area contributed by atoms with Crippen LogP contribution in [-0.4, -0.2) is 33.6 Å². The molecule has 0 bridgehead atoms. The first-order chi connectivity index (χ1) is 11.2. The number of aliphatic hydroxyl groups is 1. The number of carbonyl (C=O) groups excluding carboxylic acids is 1. The number of carbonyl (C=O) groups is 1. The third-order valence-corrected chi connectivity index (χ3v) is 3.44. The number of aliphatic hydroxyl groups excluding tert-OH is 1. The van der Waals surface area contributed by atoms with Crippen LogP contribution in [0, 0.1) is 0 Å². The number of halogens is 1. The van der Waals surface area contributed by atoms with Crippen LogP contribution in [0.3, 0.4) is 0 Å². The number of hydrogen-bond acceptors (Lipinski definition) is 4. The molecule has 0 aliphatic rings. The fourth-order valence-corrected chi connectivity index (χ4v) is 2.42. The molecule has 0 saturated carbocycles. The van der Waals surface area contributed by atoms with Crippen molar-refractivity contribution in [2.45, 2.75) is 0 Å². The Morgan fingerprint density at radius 2 is 2.04 bits per heavy atom. The van der Waals surface area contributed by atoms with Crippen LogP contribution in [0.5, 0.6) is 5.75 Å². The van der Waals surface area contributed by atoms with Gasteiger partial charge in [-0.3, -0.25) is 9.20 Å². The fourth-order valence-electron chi connectivity index (χ4n) is 2.16. The zero-order valence-corrected chi connectivity index (χ0v) is 12.8. The van der Waals surface area contributed by atoms with Gasteiger partial charge in [0.05, 0.1) is 6.61 Å². The summed E-state index contributed by atoms with van der Waals surface area (Å²) < 4.78 is 6.90. The van der Waals surface area contributed by atoms with E-state index in [1.807, 2.05) is 6.07 Å². The van der Waals surface area contributed by atoms with E-state index >= 15 is 0 Å². The van der Waals surface area contributed by atoms with Gasteiger partial charge in [0.2, 0.25) is 0 Å². The number of aromatic nitrogens is 2. The SMILES string of the molecule is O=C(Nc1ccc(OCCO)cc1)c1c(Cl)nc2ccccn12. The van der Waals surface area contributed by atoms with Gasteiger partial charge in [-0.15, -0.1) is 0 Å². The molecule has 0 fully saturated rings. The van der Waals surface area contributed by atoms with Crippen LogP contribution < -0.4 is 10.1 Å². The van der Waals surface area contributed by atoms with Gasteiger partial charge in [-0.05, 0) is 36.4 Å². The van der Waals surface area contributed by atoms with Crippen LogP contribution in [0.4, 0.5) is 5.69 Å². The van der Waals surface area contributed by atoms with Crippen LogP contribution in [-0.2, 0) is 0 Å². The Morgan fingerprint density at radius 3 is 2.78 bits per heavy atom. The van der Waals surface area contributed by atoms with Crippen LogP contribution in [0.2, 0.25) is 5.15 Å². The van der Waals surface area contributed by atoms with E-state index in [1.165, 1.54) is 0 Å². The van der Waals surface area contributed by atoms with Crippen molar-refractivity contribution in [3.63, 3.8) is 0 Å². The van der Waals surface area contributed by atoms with E-state index in [-0.39, 0.29) is 30.0 Å². The Bertz CT molecular complexity index is 830. The van der Waals surface area contributed by atoms with E-state index < -0.39 is 0 Å². The summed E-state index contributed by atoms with van der Waals surface area (Å²) in [7, 11) is 0. The van der Waals surface area contributed by atoms with Crippen LogP contribution in [0.25, 0.3) is 5.65 Å². The molecule has 6 nitrogen and oxygen atoms in total. The number of ether oxygens (including phenoxy) is 1. The zero-order valence-electron chi connectivity index (χ0n) is 12.1. The van der Waals surface area contributed by atoms with Crippen LogP contribution >= 0.6 is 11.6 Å². The fraction of sp³-hybridized carbons (Fsp3) is 0.125. The van der Waals surface area contributed by atoms with Gasteiger partial charge in [-0.2, -0.15) is 0 Å². The Kier molecular flexibility index (Phi) is 4.45. The number of imidazole rings is 1. The summed E-state index contributed by atoms with van der Waals surface area (Å²) >= 11 is 6.07. The number of benzene rings is 1. The minimum atomic E-state index is -0.349. The summed E-state index contributed by atoms with van der Waals surface area (Å²) in [4.78, 5) is 16.6. The molecule has 0 unspecified atom stereocenters. The van der Waals surface area contributed by atoms with Gasteiger partial charge in [0, 0.05) is 11.9 Å². The number of anilines is 1. The Morgan fingerprint density at radius 1 is 1.26 bits per heavy atom. The molecule has 1 amide bonds. The quantitative estimate of drug-likeness (QED) is 0.753. The van der Waals surface area contributed by atoms with Crippen molar-refractivity contribution in [2.75, 3.05) is 18.5 Å². The highest BCUT2D eigenvalue weighted by Crippen LogP contribution is 2.20. The molecule has 118 valence electrons. The lowest BCUT2D eigenvalue weighted by molar-refractivity contribution is 0.102. The Hall–Kier alpha value is -2.57. The third kappa shape index (κ3) is 3.28. The van der Waals surface area contributed by atoms with Crippen molar-refractivity contribution >= 4 is 28.8 Å². The molecule has 0 aliphatic heterocycles. The highest BCUT2D eigenvalue weighted by molar-refractivity contribution is 6.33. The summed E-state index contributed by atoms with van der Waals surface area (Å²) in [5.74, 6) is 0.266. The lowest BCUT2D eigenvalue weighted by Crippen LogP contribution is -2.14.